The van der Waals surface area contributed by atoms with Crippen LogP contribution >= 0.6 is 0 Å². The average Bonchev–Trinajstić information content (AvgIpc) is 3.42. The molecule has 1 aliphatic carbocycles. The number of aromatic carboxylic acids is 1. The van der Waals surface area contributed by atoms with E-state index in [0.29, 0.717) is 5.70 Å². The van der Waals surface area contributed by atoms with E-state index in [4.69, 9.17) is 5.11 Å². The standard InChI is InChI=1S/C28H26N6O2.C9H4O5/c35-19-29-24-17-10-18-25(26(24)30-20-36)34-28(33-23-15-8-3-9-16-23)27(31-21-11-4-1-5-12-21)32-22-13-6-2-7-14-22;10-7(11)4-1-2-5-6(3-4)9(13)14-8(5)12/h1-18,24,26-28,31-34H;1-3H,(H,10,11). The Morgan fingerprint density at radius 1 is 0.680 bits per heavy atom. The summed E-state index contributed by atoms with van der Waals surface area (Å²) >= 11 is 0. The van der Waals surface area contributed by atoms with E-state index in [1.54, 1.807) is 24.3 Å². The van der Waals surface area contributed by atoms with Crippen molar-refractivity contribution in [2.75, 3.05) is 16.0 Å². The van der Waals surface area contributed by atoms with Crippen LogP contribution in [0, 0.1) is 0 Å². The molecule has 3 unspecified atom stereocenters. The number of rotatable bonds is 12. The highest BCUT2D eigenvalue weighted by Crippen LogP contribution is 2.23. The van der Waals surface area contributed by atoms with E-state index in [9.17, 15) is 24.0 Å². The topological polar surface area (TPSA) is 188 Å². The summed E-state index contributed by atoms with van der Waals surface area (Å²) in [5.41, 5.74) is 3.39. The fourth-order valence-electron chi connectivity index (χ4n) is 5.12. The molecule has 0 aromatic heterocycles. The lowest BCUT2D eigenvalue weighted by Crippen LogP contribution is -2.54. The molecule has 0 spiro atoms. The molecule has 50 heavy (non-hydrogen) atoms. The number of isocyanates is 2. The number of fused-ring (bicyclic) bond motifs is 1. The minimum atomic E-state index is -1.15. The smallest absolute Gasteiger partial charge is 0.346 e. The number of hydrogen-bond donors (Lipinski definition) is 5. The number of aliphatic imine (C=N–C) groups is 2. The Kier molecular flexibility index (Phi) is 11.4. The van der Waals surface area contributed by atoms with Gasteiger partial charge in [0, 0.05) is 22.8 Å². The molecule has 4 aromatic carbocycles. The van der Waals surface area contributed by atoms with Gasteiger partial charge < -0.3 is 31.1 Å². The molecule has 0 saturated heterocycles. The first kappa shape index (κ1) is 34.3. The Balaban J connectivity index is 0.000000288. The zero-order valence-corrected chi connectivity index (χ0v) is 26.2. The number of para-hydroxylation sites is 3. The van der Waals surface area contributed by atoms with E-state index in [1.165, 1.54) is 12.1 Å². The molecule has 4 aromatic rings. The molecule has 2 aliphatic rings. The van der Waals surface area contributed by atoms with Crippen molar-refractivity contribution in [2.45, 2.75) is 24.4 Å². The quantitative estimate of drug-likeness (QED) is 0.0442. The predicted molar refractivity (Wildman–Crippen MR) is 185 cm³/mol. The lowest BCUT2D eigenvalue weighted by molar-refractivity contribution is 0.0443. The summed E-state index contributed by atoms with van der Waals surface area (Å²) in [5, 5.41) is 22.7. The van der Waals surface area contributed by atoms with Gasteiger partial charge in [0.15, 0.2) is 0 Å². The number of allylic oxidation sites excluding steroid dienone is 2. The van der Waals surface area contributed by atoms with Gasteiger partial charge in [-0.2, -0.15) is 9.98 Å². The monoisotopic (exact) mass is 670 g/mol. The normalized spacial score (nSPS) is 16.1. The Hall–Kier alpha value is -7.07. The van der Waals surface area contributed by atoms with Crippen LogP contribution in [0.5, 0.6) is 0 Å². The van der Waals surface area contributed by atoms with Crippen LogP contribution < -0.4 is 21.3 Å². The summed E-state index contributed by atoms with van der Waals surface area (Å²) in [5.74, 6) is -2.69. The van der Waals surface area contributed by atoms with Crippen molar-refractivity contribution < 1.29 is 33.8 Å². The van der Waals surface area contributed by atoms with Crippen molar-refractivity contribution in [3.8, 4) is 0 Å². The fraction of sp³-hybridized carbons (Fsp3) is 0.108. The minimum Gasteiger partial charge on any atom is -0.478 e. The number of nitrogens with zero attached hydrogens (tertiary/aromatic N) is 2. The number of nitrogens with one attached hydrogen (secondary N) is 4. The Bertz CT molecular complexity index is 1950. The SMILES string of the molecule is O=C(O)c1ccc2c(c1)C(=O)OC2=O.O=C=NC1C=CC=C(NC(Nc2ccccc2)C(Nc2ccccc2)Nc2ccccc2)C1N=C=O. The number of cyclic esters (lactones) is 2. The molecule has 0 fully saturated rings. The second-order valence-electron chi connectivity index (χ2n) is 10.8. The van der Waals surface area contributed by atoms with Gasteiger partial charge in [0.1, 0.15) is 24.4 Å². The maximum absolute atomic E-state index is 11.2. The first-order valence-corrected chi connectivity index (χ1v) is 15.2. The van der Waals surface area contributed by atoms with E-state index in [1.807, 2.05) is 97.1 Å². The number of ether oxygens (including phenoxy) is 1. The van der Waals surface area contributed by atoms with E-state index >= 15 is 0 Å². The van der Waals surface area contributed by atoms with Crippen LogP contribution in [0.1, 0.15) is 31.1 Å². The highest BCUT2D eigenvalue weighted by Gasteiger charge is 2.31. The van der Waals surface area contributed by atoms with E-state index < -0.39 is 36.2 Å². The zero-order chi connectivity index (χ0) is 35.3. The van der Waals surface area contributed by atoms with Crippen molar-refractivity contribution in [1.82, 2.24) is 5.32 Å². The number of carbonyl (C=O) groups is 3. The van der Waals surface area contributed by atoms with Gasteiger partial charge in [-0.05, 0) is 60.7 Å². The number of benzene rings is 4. The van der Waals surface area contributed by atoms with Gasteiger partial charge in [0.25, 0.3) is 0 Å². The molecule has 250 valence electrons. The largest absolute Gasteiger partial charge is 0.478 e. The van der Waals surface area contributed by atoms with Crippen LogP contribution in [0.3, 0.4) is 0 Å². The highest BCUT2D eigenvalue weighted by molar-refractivity contribution is 6.15. The van der Waals surface area contributed by atoms with Crippen molar-refractivity contribution >= 4 is 47.1 Å². The lowest BCUT2D eigenvalue weighted by atomic mass is 10.00. The third-order valence-electron chi connectivity index (χ3n) is 7.45. The van der Waals surface area contributed by atoms with Crippen LogP contribution in [-0.2, 0) is 14.3 Å². The molecule has 5 N–H and O–H groups in total. The molecule has 13 heteroatoms. The number of esters is 2. The van der Waals surface area contributed by atoms with Gasteiger partial charge in [0.05, 0.1) is 16.7 Å². The van der Waals surface area contributed by atoms with Gasteiger partial charge in [-0.1, -0.05) is 66.7 Å². The highest BCUT2D eigenvalue weighted by atomic mass is 16.6. The Labute approximate surface area is 286 Å². The summed E-state index contributed by atoms with van der Waals surface area (Å²) in [6.07, 6.45) is 7.62. The molecule has 1 heterocycles. The molecule has 3 atom stereocenters. The molecule has 0 bridgehead atoms. The number of anilines is 3. The molecule has 0 amide bonds. The lowest BCUT2D eigenvalue weighted by Gasteiger charge is -2.35. The van der Waals surface area contributed by atoms with Gasteiger partial charge in [-0.15, -0.1) is 0 Å². The van der Waals surface area contributed by atoms with Crippen LogP contribution in [0.2, 0.25) is 0 Å². The van der Waals surface area contributed by atoms with Crippen molar-refractivity contribution in [3.63, 3.8) is 0 Å². The summed E-state index contributed by atoms with van der Waals surface area (Å²) < 4.78 is 4.30. The molecule has 1 aliphatic heterocycles. The van der Waals surface area contributed by atoms with Crippen LogP contribution in [-0.4, -0.2) is 59.6 Å². The summed E-state index contributed by atoms with van der Waals surface area (Å²) in [7, 11) is 0. The van der Waals surface area contributed by atoms with E-state index in [-0.39, 0.29) is 22.9 Å². The molecule has 0 radical (unpaired) electrons. The molecule has 0 saturated carbocycles. The van der Waals surface area contributed by atoms with E-state index in [0.717, 1.165) is 23.1 Å². The second-order valence-corrected chi connectivity index (χ2v) is 10.8. The third kappa shape index (κ3) is 8.84. The van der Waals surface area contributed by atoms with Crippen molar-refractivity contribution in [2.24, 2.45) is 9.98 Å². The summed E-state index contributed by atoms with van der Waals surface area (Å²) in [6.45, 7) is 0. The maximum Gasteiger partial charge on any atom is 0.346 e. The summed E-state index contributed by atoms with van der Waals surface area (Å²) in [4.78, 5) is 62.4. The van der Waals surface area contributed by atoms with Crippen molar-refractivity contribution in [1.29, 1.82) is 0 Å². The molecular formula is C37H30N6O7. The number of carbonyl (C=O) groups excluding carboxylic acids is 4. The first-order chi connectivity index (χ1) is 24.4. The second kappa shape index (κ2) is 16.7. The fourth-order valence-corrected chi connectivity index (χ4v) is 5.12. The first-order valence-electron chi connectivity index (χ1n) is 15.2. The van der Waals surface area contributed by atoms with Gasteiger partial charge in [-0.3, -0.25) is 0 Å². The molecule has 6 rings (SSSR count). The number of carboxylic acid groups (broad SMARTS) is 1. The Morgan fingerprint density at radius 3 is 1.68 bits per heavy atom. The van der Waals surface area contributed by atoms with Gasteiger partial charge >= 0.3 is 17.9 Å². The van der Waals surface area contributed by atoms with Crippen LogP contribution in [0.25, 0.3) is 0 Å². The number of hydrogen-bond acceptors (Lipinski definition) is 12. The Morgan fingerprint density at radius 2 is 1.18 bits per heavy atom. The predicted octanol–water partition coefficient (Wildman–Crippen LogP) is 5.12. The molecule has 13 nitrogen and oxygen atoms in total. The summed E-state index contributed by atoms with van der Waals surface area (Å²) in [6, 6.07) is 31.7. The van der Waals surface area contributed by atoms with Crippen molar-refractivity contribution in [3.05, 3.63) is 150 Å². The maximum atomic E-state index is 11.2. The third-order valence-corrected chi connectivity index (χ3v) is 7.45. The van der Waals surface area contributed by atoms with Crippen LogP contribution in [0.4, 0.5) is 17.1 Å². The average molecular weight is 671 g/mol. The minimum absolute atomic E-state index is 0.00917. The zero-order valence-electron chi connectivity index (χ0n) is 26.2. The van der Waals surface area contributed by atoms with E-state index in [2.05, 4.69) is 36.0 Å². The molecular weight excluding hydrogens is 640 g/mol. The van der Waals surface area contributed by atoms with Gasteiger partial charge in [-0.25, -0.2) is 24.0 Å². The van der Waals surface area contributed by atoms with Crippen LogP contribution in [0.15, 0.2) is 143 Å². The van der Waals surface area contributed by atoms with Gasteiger partial charge in [0.2, 0.25) is 12.2 Å². The number of carboxylic acids is 1.